The maximum atomic E-state index is 13.1. The van der Waals surface area contributed by atoms with Gasteiger partial charge < -0.3 is 10.6 Å². The molecule has 0 aliphatic rings. The Labute approximate surface area is 115 Å². The Balaban J connectivity index is 0.00000324. The lowest BCUT2D eigenvalue weighted by atomic mass is 10.2. The highest BCUT2D eigenvalue weighted by molar-refractivity contribution is 5.94. The van der Waals surface area contributed by atoms with Crippen molar-refractivity contribution in [3.05, 3.63) is 39.7 Å². The number of benzene rings is 1. The minimum atomic E-state index is -0.805. The van der Waals surface area contributed by atoms with E-state index in [4.69, 9.17) is 0 Å². The predicted molar refractivity (Wildman–Crippen MR) is 71.2 cm³/mol. The molecule has 0 atom stereocenters. The minimum Gasteiger partial charge on any atom is -0.351 e. The Morgan fingerprint density at radius 1 is 1.37 bits per heavy atom. The SMILES string of the molecule is CCNCCNC(=O)c1cc(F)cc([N+](=O)[O-])c1.Cl. The van der Waals surface area contributed by atoms with E-state index in [0.29, 0.717) is 13.1 Å². The number of non-ortho nitro benzene ring substituents is 1. The van der Waals surface area contributed by atoms with E-state index < -0.39 is 22.3 Å². The second-order valence-corrected chi connectivity index (χ2v) is 3.56. The highest BCUT2D eigenvalue weighted by Gasteiger charge is 2.14. The van der Waals surface area contributed by atoms with Crippen LogP contribution in [0.1, 0.15) is 17.3 Å². The number of hydrogen-bond donors (Lipinski definition) is 2. The van der Waals surface area contributed by atoms with E-state index in [2.05, 4.69) is 10.6 Å². The van der Waals surface area contributed by atoms with Crippen molar-refractivity contribution in [1.82, 2.24) is 10.6 Å². The van der Waals surface area contributed by atoms with Crippen molar-refractivity contribution in [1.29, 1.82) is 0 Å². The number of nitrogens with one attached hydrogen (secondary N) is 2. The number of rotatable bonds is 6. The number of nitro groups is 1. The monoisotopic (exact) mass is 291 g/mol. The van der Waals surface area contributed by atoms with Gasteiger partial charge in [0.2, 0.25) is 0 Å². The third-order valence-corrected chi connectivity index (χ3v) is 2.19. The predicted octanol–water partition coefficient (Wildman–Crippen LogP) is 1.49. The molecule has 0 aliphatic carbocycles. The van der Waals surface area contributed by atoms with Crippen molar-refractivity contribution in [3.8, 4) is 0 Å². The van der Waals surface area contributed by atoms with Crippen LogP contribution in [0.25, 0.3) is 0 Å². The van der Waals surface area contributed by atoms with E-state index >= 15 is 0 Å². The number of nitrogens with zero attached hydrogens (tertiary/aromatic N) is 1. The number of carbonyl (C=O) groups excluding carboxylic acids is 1. The first-order valence-electron chi connectivity index (χ1n) is 5.48. The first-order valence-corrected chi connectivity index (χ1v) is 5.48. The molecule has 0 aromatic heterocycles. The number of amides is 1. The quantitative estimate of drug-likeness (QED) is 0.472. The minimum absolute atomic E-state index is 0. The summed E-state index contributed by atoms with van der Waals surface area (Å²) in [5, 5.41) is 16.1. The average molecular weight is 292 g/mol. The van der Waals surface area contributed by atoms with Gasteiger partial charge in [-0.3, -0.25) is 14.9 Å². The zero-order valence-corrected chi connectivity index (χ0v) is 11.1. The molecule has 0 aliphatic heterocycles. The third kappa shape index (κ3) is 5.62. The van der Waals surface area contributed by atoms with Gasteiger partial charge in [-0.1, -0.05) is 6.92 Å². The topological polar surface area (TPSA) is 84.3 Å². The van der Waals surface area contributed by atoms with E-state index in [0.717, 1.165) is 24.7 Å². The molecule has 2 N–H and O–H groups in total. The molecule has 0 heterocycles. The van der Waals surface area contributed by atoms with Gasteiger partial charge in [-0.25, -0.2) is 4.39 Å². The fraction of sp³-hybridized carbons (Fsp3) is 0.364. The summed E-state index contributed by atoms with van der Waals surface area (Å²) in [6, 6.07) is 2.79. The average Bonchev–Trinajstić information content (AvgIpc) is 2.33. The van der Waals surface area contributed by atoms with Crippen LogP contribution in [0.2, 0.25) is 0 Å². The normalized spacial score (nSPS) is 9.58. The van der Waals surface area contributed by atoms with Gasteiger partial charge in [0.1, 0.15) is 5.82 Å². The molecule has 6 nitrogen and oxygen atoms in total. The molecule has 1 aromatic rings. The summed E-state index contributed by atoms with van der Waals surface area (Å²) < 4.78 is 13.1. The number of halogens is 2. The molecule has 106 valence electrons. The van der Waals surface area contributed by atoms with Gasteiger partial charge in [-0.2, -0.15) is 0 Å². The zero-order valence-electron chi connectivity index (χ0n) is 10.3. The van der Waals surface area contributed by atoms with Gasteiger partial charge in [0.15, 0.2) is 0 Å². The van der Waals surface area contributed by atoms with E-state index in [-0.39, 0.29) is 18.0 Å². The number of carbonyl (C=O) groups is 1. The van der Waals surface area contributed by atoms with Crippen LogP contribution in [0, 0.1) is 15.9 Å². The fourth-order valence-corrected chi connectivity index (χ4v) is 1.35. The lowest BCUT2D eigenvalue weighted by Crippen LogP contribution is -2.31. The van der Waals surface area contributed by atoms with Crippen molar-refractivity contribution in [2.75, 3.05) is 19.6 Å². The van der Waals surface area contributed by atoms with Gasteiger partial charge in [0.05, 0.1) is 11.0 Å². The Morgan fingerprint density at radius 3 is 2.63 bits per heavy atom. The van der Waals surface area contributed by atoms with E-state index in [9.17, 15) is 19.3 Å². The highest BCUT2D eigenvalue weighted by atomic mass is 35.5. The molecule has 0 saturated heterocycles. The van der Waals surface area contributed by atoms with E-state index in [1.807, 2.05) is 6.92 Å². The number of likely N-dealkylation sites (N-methyl/N-ethyl adjacent to an activating group) is 1. The molecule has 0 spiro atoms. The third-order valence-electron chi connectivity index (χ3n) is 2.19. The second kappa shape index (κ2) is 8.39. The first kappa shape index (κ1) is 17.3. The summed E-state index contributed by atoms with van der Waals surface area (Å²) in [4.78, 5) is 21.4. The van der Waals surface area contributed by atoms with Crippen molar-refractivity contribution in [2.45, 2.75) is 6.92 Å². The zero-order chi connectivity index (χ0) is 13.5. The van der Waals surface area contributed by atoms with Crippen LogP contribution < -0.4 is 10.6 Å². The molecule has 1 amide bonds. The van der Waals surface area contributed by atoms with Gasteiger partial charge in [-0.05, 0) is 12.6 Å². The van der Waals surface area contributed by atoms with Crippen LogP contribution in [0.4, 0.5) is 10.1 Å². The summed E-state index contributed by atoms with van der Waals surface area (Å²) in [5.41, 5.74) is -0.495. The summed E-state index contributed by atoms with van der Waals surface area (Å²) in [7, 11) is 0. The van der Waals surface area contributed by atoms with Crippen LogP contribution in [0.15, 0.2) is 18.2 Å². The number of nitro benzene ring substituents is 1. The highest BCUT2D eigenvalue weighted by Crippen LogP contribution is 2.16. The van der Waals surface area contributed by atoms with Gasteiger partial charge >= 0.3 is 0 Å². The van der Waals surface area contributed by atoms with Crippen molar-refractivity contribution in [2.24, 2.45) is 0 Å². The largest absolute Gasteiger partial charge is 0.351 e. The van der Waals surface area contributed by atoms with Crippen LogP contribution in [-0.4, -0.2) is 30.5 Å². The van der Waals surface area contributed by atoms with Crippen molar-refractivity contribution in [3.63, 3.8) is 0 Å². The summed E-state index contributed by atoms with van der Waals surface area (Å²) >= 11 is 0. The van der Waals surface area contributed by atoms with Gasteiger partial charge in [-0.15, -0.1) is 12.4 Å². The van der Waals surface area contributed by atoms with Crippen molar-refractivity contribution < 1.29 is 14.1 Å². The molecule has 1 rings (SSSR count). The van der Waals surface area contributed by atoms with Crippen LogP contribution >= 0.6 is 12.4 Å². The first-order chi connectivity index (χ1) is 8.54. The van der Waals surface area contributed by atoms with E-state index in [1.54, 1.807) is 0 Å². The standard InChI is InChI=1S/C11H14FN3O3.ClH/c1-2-13-3-4-14-11(16)8-5-9(12)7-10(6-8)15(17)18;/h5-7,13H,2-4H2,1H3,(H,14,16);1H. The molecular weight excluding hydrogens is 277 g/mol. The maximum absolute atomic E-state index is 13.1. The lowest BCUT2D eigenvalue weighted by molar-refractivity contribution is -0.385. The van der Waals surface area contributed by atoms with Gasteiger partial charge in [0.25, 0.3) is 11.6 Å². The molecule has 0 bridgehead atoms. The van der Waals surface area contributed by atoms with Crippen LogP contribution in [0.5, 0.6) is 0 Å². The Bertz CT molecular complexity index is 457. The molecular formula is C11H15ClFN3O3. The molecule has 0 fully saturated rings. The van der Waals surface area contributed by atoms with E-state index in [1.165, 1.54) is 0 Å². The Kier molecular flexibility index (Phi) is 7.62. The molecule has 0 unspecified atom stereocenters. The molecule has 0 radical (unpaired) electrons. The smallest absolute Gasteiger partial charge is 0.273 e. The second-order valence-electron chi connectivity index (χ2n) is 3.56. The fourth-order valence-electron chi connectivity index (χ4n) is 1.35. The number of hydrogen-bond acceptors (Lipinski definition) is 4. The molecule has 1 aromatic carbocycles. The summed E-state index contributed by atoms with van der Waals surface area (Å²) in [6.45, 7) is 3.66. The maximum Gasteiger partial charge on any atom is 0.273 e. The Morgan fingerprint density at radius 2 is 2.05 bits per heavy atom. The molecule has 0 saturated carbocycles. The van der Waals surface area contributed by atoms with Crippen LogP contribution in [0.3, 0.4) is 0 Å². The Hall–Kier alpha value is -1.73. The van der Waals surface area contributed by atoms with Gasteiger partial charge in [0, 0.05) is 24.7 Å². The summed E-state index contributed by atoms with van der Waals surface area (Å²) in [6.07, 6.45) is 0. The van der Waals surface area contributed by atoms with Crippen LogP contribution in [-0.2, 0) is 0 Å². The summed E-state index contributed by atoms with van der Waals surface area (Å²) in [5.74, 6) is -1.34. The molecule has 19 heavy (non-hydrogen) atoms. The lowest BCUT2D eigenvalue weighted by Gasteiger charge is -2.05. The molecule has 8 heteroatoms. The van der Waals surface area contributed by atoms with Crippen molar-refractivity contribution >= 4 is 24.0 Å².